The molecule has 6 rings (SSSR count). The lowest BCUT2D eigenvalue weighted by molar-refractivity contribution is 0.555. The summed E-state index contributed by atoms with van der Waals surface area (Å²) in [6, 6.07) is 26.2. The third-order valence-electron chi connectivity index (χ3n) is 6.85. The number of fused-ring (bicyclic) bond motifs is 2. The van der Waals surface area contributed by atoms with Gasteiger partial charge in [0.05, 0.1) is 12.1 Å². The van der Waals surface area contributed by atoms with Crippen molar-refractivity contribution in [3.8, 4) is 0 Å². The van der Waals surface area contributed by atoms with E-state index in [1.54, 1.807) is 0 Å². The Balaban J connectivity index is 1.55. The van der Waals surface area contributed by atoms with Gasteiger partial charge in [-0.25, -0.2) is 4.68 Å². The summed E-state index contributed by atoms with van der Waals surface area (Å²) in [6.07, 6.45) is 2.01. The molecule has 0 fully saturated rings. The lowest BCUT2D eigenvalue weighted by Gasteiger charge is -2.37. The summed E-state index contributed by atoms with van der Waals surface area (Å²) in [5.41, 5.74) is 5.93. The Morgan fingerprint density at radius 3 is 2.71 bits per heavy atom. The summed E-state index contributed by atoms with van der Waals surface area (Å²) >= 11 is 0. The van der Waals surface area contributed by atoms with Crippen LogP contribution in [0.25, 0.3) is 10.9 Å². The molecule has 0 aliphatic carbocycles. The Kier molecular flexibility index (Phi) is 5.37. The topological polar surface area (TPSA) is 79.7 Å². The number of para-hydroxylation sites is 2. The monoisotopic (exact) mass is 462 g/mol. The number of aromatic nitrogens is 5. The standard InChI is InChI=1S/C28H26N6O/c1-19-9-7-13-22-17-23(28(35)29-25(19)22)26(33-16-8-14-21-12-5-6-15-24(21)33)27-30-31-32-34(27)18-20-10-3-2-4-11-20/h2-7,9-13,15,17,26H,8,14,16,18H2,1H3,(H,29,35)/t26-/m0/s1. The zero-order chi connectivity index (χ0) is 23.8. The van der Waals surface area contributed by atoms with Crippen LogP contribution in [0.4, 0.5) is 5.69 Å². The third kappa shape index (κ3) is 3.89. The van der Waals surface area contributed by atoms with E-state index < -0.39 is 6.04 Å². The highest BCUT2D eigenvalue weighted by Crippen LogP contribution is 2.36. The van der Waals surface area contributed by atoms with Gasteiger partial charge in [0.2, 0.25) is 0 Å². The van der Waals surface area contributed by atoms with Crippen molar-refractivity contribution in [2.75, 3.05) is 11.4 Å². The number of pyridine rings is 1. The minimum Gasteiger partial charge on any atom is -0.357 e. The summed E-state index contributed by atoms with van der Waals surface area (Å²) < 4.78 is 1.82. The zero-order valence-corrected chi connectivity index (χ0v) is 19.6. The van der Waals surface area contributed by atoms with Gasteiger partial charge >= 0.3 is 0 Å². The maximum absolute atomic E-state index is 13.6. The quantitative estimate of drug-likeness (QED) is 0.418. The van der Waals surface area contributed by atoms with Gasteiger partial charge in [0.15, 0.2) is 5.82 Å². The second-order valence-corrected chi connectivity index (χ2v) is 9.10. The van der Waals surface area contributed by atoms with Gasteiger partial charge in [0.25, 0.3) is 5.56 Å². The number of aryl methyl sites for hydroxylation is 2. The number of nitrogens with one attached hydrogen (secondary N) is 1. The van der Waals surface area contributed by atoms with Gasteiger partial charge in [-0.2, -0.15) is 0 Å². The third-order valence-corrected chi connectivity index (χ3v) is 6.85. The van der Waals surface area contributed by atoms with Crippen LogP contribution in [0.3, 0.4) is 0 Å². The summed E-state index contributed by atoms with van der Waals surface area (Å²) in [4.78, 5) is 19.0. The van der Waals surface area contributed by atoms with Gasteiger partial charge < -0.3 is 9.88 Å². The Morgan fingerprint density at radius 2 is 1.83 bits per heavy atom. The molecule has 7 heteroatoms. The Bertz CT molecular complexity index is 1560. The molecule has 3 heterocycles. The molecule has 0 saturated heterocycles. The maximum Gasteiger partial charge on any atom is 0.254 e. The van der Waals surface area contributed by atoms with Crippen LogP contribution in [0, 0.1) is 6.92 Å². The zero-order valence-electron chi connectivity index (χ0n) is 19.6. The number of H-pyrrole nitrogens is 1. The fraction of sp³-hybridized carbons (Fsp3) is 0.214. The Labute approximate surface area is 203 Å². The molecule has 0 amide bonds. The van der Waals surface area contributed by atoms with Crippen LogP contribution >= 0.6 is 0 Å². The largest absolute Gasteiger partial charge is 0.357 e. The lowest BCUT2D eigenvalue weighted by Crippen LogP contribution is -2.38. The fourth-order valence-electron chi connectivity index (χ4n) is 5.16. The first-order valence-corrected chi connectivity index (χ1v) is 12.0. The van der Waals surface area contributed by atoms with Crippen molar-refractivity contribution in [3.05, 3.63) is 117 Å². The second-order valence-electron chi connectivity index (χ2n) is 9.10. The molecule has 0 spiro atoms. The maximum atomic E-state index is 13.6. The molecule has 1 N–H and O–H groups in total. The second kappa shape index (κ2) is 8.83. The Hall–Kier alpha value is -4.26. The van der Waals surface area contributed by atoms with Crippen molar-refractivity contribution in [2.45, 2.75) is 32.4 Å². The van der Waals surface area contributed by atoms with Gasteiger partial charge in [-0.15, -0.1) is 5.10 Å². The molecule has 1 aliphatic rings. The minimum absolute atomic E-state index is 0.117. The molecule has 35 heavy (non-hydrogen) atoms. The number of hydrogen-bond acceptors (Lipinski definition) is 5. The normalized spacial score (nSPS) is 14.1. The number of benzene rings is 3. The average molecular weight is 463 g/mol. The Morgan fingerprint density at radius 1 is 1.00 bits per heavy atom. The van der Waals surface area contributed by atoms with E-state index in [0.29, 0.717) is 17.9 Å². The smallest absolute Gasteiger partial charge is 0.254 e. The molecular weight excluding hydrogens is 436 g/mol. The van der Waals surface area contributed by atoms with Gasteiger partial charge in [-0.05, 0) is 64.4 Å². The van der Waals surface area contributed by atoms with Crippen molar-refractivity contribution < 1.29 is 0 Å². The highest BCUT2D eigenvalue weighted by molar-refractivity contribution is 5.82. The predicted molar refractivity (Wildman–Crippen MR) is 137 cm³/mol. The molecule has 0 saturated carbocycles. The predicted octanol–water partition coefficient (Wildman–Crippen LogP) is 4.41. The van der Waals surface area contributed by atoms with E-state index in [1.165, 1.54) is 5.56 Å². The molecule has 174 valence electrons. The minimum atomic E-state index is -0.427. The van der Waals surface area contributed by atoms with Crippen molar-refractivity contribution in [1.82, 2.24) is 25.2 Å². The van der Waals surface area contributed by atoms with Crippen LogP contribution in [0.1, 0.15) is 40.5 Å². The summed E-state index contributed by atoms with van der Waals surface area (Å²) in [5, 5.41) is 13.9. The average Bonchev–Trinajstić information content (AvgIpc) is 3.33. The molecule has 0 bridgehead atoms. The van der Waals surface area contributed by atoms with Crippen LogP contribution in [0.15, 0.2) is 83.7 Å². The SMILES string of the molecule is Cc1cccc2cc([C@@H](c3nnnn3Cc3ccccc3)N3CCCc4ccccc43)c(=O)[nH]c12. The summed E-state index contributed by atoms with van der Waals surface area (Å²) in [7, 11) is 0. The van der Waals surface area contributed by atoms with Crippen LogP contribution in [-0.4, -0.2) is 31.7 Å². The van der Waals surface area contributed by atoms with E-state index in [1.807, 2.05) is 54.1 Å². The number of hydrogen-bond donors (Lipinski definition) is 1. The van der Waals surface area contributed by atoms with E-state index in [0.717, 1.165) is 47.1 Å². The van der Waals surface area contributed by atoms with E-state index in [-0.39, 0.29) is 5.56 Å². The van der Waals surface area contributed by atoms with Crippen molar-refractivity contribution in [1.29, 1.82) is 0 Å². The van der Waals surface area contributed by atoms with E-state index >= 15 is 0 Å². The number of anilines is 1. The lowest BCUT2D eigenvalue weighted by atomic mass is 9.96. The first kappa shape index (κ1) is 21.3. The van der Waals surface area contributed by atoms with Gasteiger partial charge in [0.1, 0.15) is 6.04 Å². The molecule has 1 aliphatic heterocycles. The summed E-state index contributed by atoms with van der Waals surface area (Å²) in [5.74, 6) is 0.656. The highest BCUT2D eigenvalue weighted by Gasteiger charge is 2.33. The number of tetrazole rings is 1. The molecular formula is C28H26N6O. The van der Waals surface area contributed by atoms with Gasteiger partial charge in [-0.1, -0.05) is 66.7 Å². The summed E-state index contributed by atoms with van der Waals surface area (Å²) in [6.45, 7) is 3.35. The van der Waals surface area contributed by atoms with Crippen molar-refractivity contribution in [3.63, 3.8) is 0 Å². The number of rotatable bonds is 5. The fourth-order valence-corrected chi connectivity index (χ4v) is 5.16. The van der Waals surface area contributed by atoms with E-state index in [2.05, 4.69) is 61.8 Å². The first-order chi connectivity index (χ1) is 17.2. The molecule has 7 nitrogen and oxygen atoms in total. The van der Waals surface area contributed by atoms with Crippen LogP contribution in [-0.2, 0) is 13.0 Å². The van der Waals surface area contributed by atoms with Gasteiger partial charge in [-0.3, -0.25) is 4.79 Å². The molecule has 3 aromatic carbocycles. The van der Waals surface area contributed by atoms with Crippen LogP contribution in [0.5, 0.6) is 0 Å². The van der Waals surface area contributed by atoms with Crippen LogP contribution < -0.4 is 10.5 Å². The van der Waals surface area contributed by atoms with Crippen LogP contribution in [0.2, 0.25) is 0 Å². The number of nitrogens with zero attached hydrogens (tertiary/aromatic N) is 5. The number of aromatic amines is 1. The first-order valence-electron chi connectivity index (χ1n) is 12.0. The van der Waals surface area contributed by atoms with E-state index in [9.17, 15) is 4.79 Å². The molecule has 1 atom stereocenters. The van der Waals surface area contributed by atoms with Crippen molar-refractivity contribution >= 4 is 16.6 Å². The van der Waals surface area contributed by atoms with Gasteiger partial charge in [0, 0.05) is 17.8 Å². The highest BCUT2D eigenvalue weighted by atomic mass is 16.1. The van der Waals surface area contributed by atoms with Crippen molar-refractivity contribution in [2.24, 2.45) is 0 Å². The van der Waals surface area contributed by atoms with E-state index in [4.69, 9.17) is 0 Å². The molecule has 5 aromatic rings. The molecule has 0 unspecified atom stereocenters. The molecule has 2 aromatic heterocycles. The molecule has 0 radical (unpaired) electrons.